The molecule has 5 heteroatoms. The minimum Gasteiger partial charge on any atom is -0.344 e. The van der Waals surface area contributed by atoms with Gasteiger partial charge in [0.05, 0.1) is 11.0 Å². The fourth-order valence-electron chi connectivity index (χ4n) is 1.87. The van der Waals surface area contributed by atoms with E-state index >= 15 is 0 Å². The Balaban J connectivity index is 2.42. The maximum Gasteiger partial charge on any atom is 0.242 e. The van der Waals surface area contributed by atoms with Crippen LogP contribution in [-0.4, -0.2) is 34.0 Å². The van der Waals surface area contributed by atoms with Gasteiger partial charge < -0.3 is 14.5 Å². The van der Waals surface area contributed by atoms with Crippen LogP contribution in [0.25, 0.3) is 11.0 Å². The maximum absolute atomic E-state index is 11.9. The first kappa shape index (κ1) is 12.8. The molecule has 0 bridgehead atoms. The van der Waals surface area contributed by atoms with Crippen molar-refractivity contribution >= 4 is 29.2 Å². The van der Waals surface area contributed by atoms with Gasteiger partial charge in [-0.15, -0.1) is 0 Å². The summed E-state index contributed by atoms with van der Waals surface area (Å²) >= 11 is 5.27. The summed E-state index contributed by atoms with van der Waals surface area (Å²) < 4.78 is 2.44. The topological polar surface area (TPSA) is 41.0 Å². The van der Waals surface area contributed by atoms with Crippen LogP contribution < -0.4 is 0 Å². The molecule has 0 fully saturated rings. The molecule has 0 saturated heterocycles. The van der Waals surface area contributed by atoms with Crippen molar-refractivity contribution in [2.45, 2.75) is 20.4 Å². The van der Waals surface area contributed by atoms with Gasteiger partial charge in [-0.05, 0) is 43.8 Å². The molecular formula is C13H17N3OS. The van der Waals surface area contributed by atoms with Crippen LogP contribution in [-0.2, 0) is 11.3 Å². The molecule has 0 atom stereocenters. The average Bonchev–Trinajstić information content (AvgIpc) is 2.64. The summed E-state index contributed by atoms with van der Waals surface area (Å²) in [5.41, 5.74) is 3.12. The van der Waals surface area contributed by atoms with E-state index in [0.29, 0.717) is 11.3 Å². The zero-order valence-corrected chi connectivity index (χ0v) is 11.7. The Morgan fingerprint density at radius 2 is 2.22 bits per heavy atom. The Labute approximate surface area is 111 Å². The molecule has 1 amide bonds. The standard InChI is InChI=1S/C13H17N3OS/c1-4-15(3)12(17)8-16-11-6-5-9(2)7-10(11)14-13(16)18/h5-7H,4,8H2,1-3H3,(H,14,18). The number of fused-ring (bicyclic) bond motifs is 1. The van der Waals surface area contributed by atoms with E-state index < -0.39 is 0 Å². The van der Waals surface area contributed by atoms with Gasteiger partial charge in [0.25, 0.3) is 0 Å². The molecule has 0 radical (unpaired) electrons. The Kier molecular flexibility index (Phi) is 3.52. The van der Waals surface area contributed by atoms with Gasteiger partial charge >= 0.3 is 0 Å². The molecule has 2 rings (SSSR count). The number of likely N-dealkylation sites (N-methyl/N-ethyl adjacent to an activating group) is 1. The number of hydrogen-bond donors (Lipinski definition) is 1. The Morgan fingerprint density at radius 3 is 2.89 bits per heavy atom. The molecular weight excluding hydrogens is 246 g/mol. The number of imidazole rings is 1. The highest BCUT2D eigenvalue weighted by Gasteiger charge is 2.11. The summed E-state index contributed by atoms with van der Waals surface area (Å²) in [6.45, 7) is 4.97. The average molecular weight is 263 g/mol. The summed E-state index contributed by atoms with van der Waals surface area (Å²) in [5.74, 6) is 0.0649. The van der Waals surface area contributed by atoms with E-state index in [1.54, 1.807) is 11.9 Å². The number of carbonyl (C=O) groups is 1. The quantitative estimate of drug-likeness (QED) is 0.864. The highest BCUT2D eigenvalue weighted by atomic mass is 32.1. The fraction of sp³-hybridized carbons (Fsp3) is 0.385. The lowest BCUT2D eigenvalue weighted by molar-refractivity contribution is -0.130. The molecule has 1 heterocycles. The molecule has 0 aliphatic carbocycles. The van der Waals surface area contributed by atoms with Crippen molar-refractivity contribution in [3.8, 4) is 0 Å². The molecule has 0 saturated carbocycles. The normalized spacial score (nSPS) is 10.8. The van der Waals surface area contributed by atoms with Crippen molar-refractivity contribution in [1.29, 1.82) is 0 Å². The van der Waals surface area contributed by atoms with Crippen LogP contribution in [0.2, 0.25) is 0 Å². The smallest absolute Gasteiger partial charge is 0.242 e. The molecule has 0 unspecified atom stereocenters. The number of carbonyl (C=O) groups excluding carboxylic acids is 1. The third kappa shape index (κ3) is 2.31. The molecule has 0 aliphatic heterocycles. The van der Waals surface area contributed by atoms with Crippen LogP contribution in [0, 0.1) is 11.7 Å². The lowest BCUT2D eigenvalue weighted by Gasteiger charge is -2.14. The van der Waals surface area contributed by atoms with Crippen LogP contribution in [0.3, 0.4) is 0 Å². The first-order valence-corrected chi connectivity index (χ1v) is 6.37. The fourth-order valence-corrected chi connectivity index (χ4v) is 2.14. The largest absolute Gasteiger partial charge is 0.344 e. The Bertz CT molecular complexity index is 641. The molecule has 1 aromatic carbocycles. The third-order valence-corrected chi connectivity index (χ3v) is 3.45. The molecule has 4 nitrogen and oxygen atoms in total. The number of nitrogens with zero attached hydrogens (tertiary/aromatic N) is 2. The van der Waals surface area contributed by atoms with E-state index in [0.717, 1.165) is 11.0 Å². The van der Waals surface area contributed by atoms with Gasteiger partial charge in [-0.2, -0.15) is 0 Å². The summed E-state index contributed by atoms with van der Waals surface area (Å²) in [6.07, 6.45) is 0. The van der Waals surface area contributed by atoms with E-state index in [1.807, 2.05) is 36.6 Å². The first-order chi connectivity index (χ1) is 8.52. The number of aromatic amines is 1. The zero-order chi connectivity index (χ0) is 13.3. The zero-order valence-electron chi connectivity index (χ0n) is 10.9. The van der Waals surface area contributed by atoms with Gasteiger partial charge in [0.2, 0.25) is 5.91 Å². The summed E-state index contributed by atoms with van der Waals surface area (Å²) in [4.78, 5) is 16.8. The summed E-state index contributed by atoms with van der Waals surface area (Å²) in [6, 6.07) is 6.06. The SMILES string of the molecule is CCN(C)C(=O)Cn1c(=S)[nH]c2cc(C)ccc21. The number of nitrogens with one attached hydrogen (secondary N) is 1. The Morgan fingerprint density at radius 1 is 1.50 bits per heavy atom. The van der Waals surface area contributed by atoms with Crippen LogP contribution in [0.5, 0.6) is 0 Å². The van der Waals surface area contributed by atoms with Crippen LogP contribution in [0.1, 0.15) is 12.5 Å². The molecule has 1 aromatic heterocycles. The second-order valence-electron chi connectivity index (χ2n) is 4.44. The van der Waals surface area contributed by atoms with E-state index in [1.165, 1.54) is 5.56 Å². The molecule has 2 aromatic rings. The van der Waals surface area contributed by atoms with Crippen LogP contribution in [0.15, 0.2) is 18.2 Å². The van der Waals surface area contributed by atoms with Gasteiger partial charge in [0, 0.05) is 13.6 Å². The minimum absolute atomic E-state index is 0.0649. The van der Waals surface area contributed by atoms with Crippen molar-refractivity contribution in [3.05, 3.63) is 28.5 Å². The second kappa shape index (κ2) is 4.94. The maximum atomic E-state index is 11.9. The molecule has 1 N–H and O–H groups in total. The first-order valence-electron chi connectivity index (χ1n) is 5.96. The number of amides is 1. The number of benzene rings is 1. The number of aryl methyl sites for hydroxylation is 1. The molecule has 18 heavy (non-hydrogen) atoms. The monoisotopic (exact) mass is 263 g/mol. The van der Waals surface area contributed by atoms with Crippen molar-refractivity contribution in [3.63, 3.8) is 0 Å². The van der Waals surface area contributed by atoms with E-state index in [4.69, 9.17) is 12.2 Å². The van der Waals surface area contributed by atoms with Gasteiger partial charge in [0.1, 0.15) is 6.54 Å². The predicted octanol–water partition coefficient (Wildman–Crippen LogP) is 2.49. The summed E-state index contributed by atoms with van der Waals surface area (Å²) in [5, 5.41) is 0. The summed E-state index contributed by atoms with van der Waals surface area (Å²) in [7, 11) is 1.80. The minimum atomic E-state index is 0.0649. The molecule has 0 aliphatic rings. The Hall–Kier alpha value is -1.62. The van der Waals surface area contributed by atoms with Crippen LogP contribution in [0.4, 0.5) is 0 Å². The number of H-pyrrole nitrogens is 1. The number of aromatic nitrogens is 2. The van der Waals surface area contributed by atoms with Crippen molar-refractivity contribution in [2.75, 3.05) is 13.6 Å². The predicted molar refractivity (Wildman–Crippen MR) is 75.2 cm³/mol. The second-order valence-corrected chi connectivity index (χ2v) is 4.83. The lowest BCUT2D eigenvalue weighted by Crippen LogP contribution is -2.29. The van der Waals surface area contributed by atoms with Crippen molar-refractivity contribution in [1.82, 2.24) is 14.5 Å². The van der Waals surface area contributed by atoms with Gasteiger partial charge in [0.15, 0.2) is 4.77 Å². The van der Waals surface area contributed by atoms with Gasteiger partial charge in [-0.1, -0.05) is 6.07 Å². The van der Waals surface area contributed by atoms with E-state index in [2.05, 4.69) is 4.98 Å². The third-order valence-electron chi connectivity index (χ3n) is 3.12. The van der Waals surface area contributed by atoms with E-state index in [-0.39, 0.29) is 12.5 Å². The van der Waals surface area contributed by atoms with Gasteiger partial charge in [-0.25, -0.2) is 0 Å². The van der Waals surface area contributed by atoms with Crippen LogP contribution >= 0.6 is 12.2 Å². The molecule has 96 valence electrons. The van der Waals surface area contributed by atoms with Crippen molar-refractivity contribution in [2.24, 2.45) is 0 Å². The van der Waals surface area contributed by atoms with E-state index in [9.17, 15) is 4.79 Å². The molecule has 0 spiro atoms. The highest BCUT2D eigenvalue weighted by molar-refractivity contribution is 7.71. The van der Waals surface area contributed by atoms with Gasteiger partial charge in [-0.3, -0.25) is 4.79 Å². The lowest BCUT2D eigenvalue weighted by atomic mass is 10.2. The highest BCUT2D eigenvalue weighted by Crippen LogP contribution is 2.16. The number of rotatable bonds is 3. The number of hydrogen-bond acceptors (Lipinski definition) is 2. The van der Waals surface area contributed by atoms with Crippen molar-refractivity contribution < 1.29 is 4.79 Å².